The van der Waals surface area contributed by atoms with Crippen LogP contribution < -0.4 is 20.1 Å². The van der Waals surface area contributed by atoms with Gasteiger partial charge in [0.2, 0.25) is 11.8 Å². The topological polar surface area (TPSA) is 178 Å². The molecule has 4 aromatic carbocycles. The van der Waals surface area contributed by atoms with Gasteiger partial charge in [0.05, 0.1) is 13.2 Å². The van der Waals surface area contributed by atoms with Crippen molar-refractivity contribution in [3.05, 3.63) is 107 Å². The molecule has 1 heterocycles. The van der Waals surface area contributed by atoms with E-state index in [1.807, 2.05) is 26.0 Å². The van der Waals surface area contributed by atoms with Crippen molar-refractivity contribution in [3.63, 3.8) is 0 Å². The van der Waals surface area contributed by atoms with Gasteiger partial charge in [-0.3, -0.25) is 19.2 Å². The Morgan fingerprint density at radius 2 is 1.45 bits per heavy atom. The lowest BCUT2D eigenvalue weighted by atomic mass is 9.88. The first-order valence-electron chi connectivity index (χ1n) is 23.5. The number of benzene rings is 4. The highest BCUT2D eigenvalue weighted by Gasteiger charge is 2.36. The molecule has 358 valence electrons. The summed E-state index contributed by atoms with van der Waals surface area (Å²) in [4.78, 5) is 82.9. The molecule has 0 aliphatic carbocycles. The highest BCUT2D eigenvalue weighted by Crippen LogP contribution is 2.41. The summed E-state index contributed by atoms with van der Waals surface area (Å²) in [6.45, 7) is 13.3. The van der Waals surface area contributed by atoms with Crippen molar-refractivity contribution in [1.29, 1.82) is 0 Å². The molecule has 13 heteroatoms. The maximum Gasteiger partial charge on any atom is 0.407 e. The van der Waals surface area contributed by atoms with E-state index in [9.17, 15) is 33.9 Å². The van der Waals surface area contributed by atoms with Crippen LogP contribution in [0.3, 0.4) is 0 Å². The zero-order valence-corrected chi connectivity index (χ0v) is 40.2. The zero-order chi connectivity index (χ0) is 48.8. The number of aryl methyl sites for hydroxylation is 1. The molecule has 0 saturated carbocycles. The Balaban J connectivity index is 1.50. The molecule has 5 rings (SSSR count). The smallest absolute Gasteiger partial charge is 0.407 e. The van der Waals surface area contributed by atoms with Crippen molar-refractivity contribution in [2.45, 2.75) is 118 Å². The normalized spacial score (nSPS) is 16.7. The van der Waals surface area contributed by atoms with Crippen LogP contribution in [0.5, 0.6) is 11.5 Å². The lowest BCUT2D eigenvalue weighted by molar-refractivity contribution is -0.144. The Hall–Kier alpha value is -6.50. The molecule has 4 aromatic rings. The Morgan fingerprint density at radius 3 is 2.06 bits per heavy atom. The fraction of sp³-hybridized carbons (Fsp3) is 0.444. The number of ketones is 2. The lowest BCUT2D eigenvalue weighted by Crippen LogP contribution is -2.45. The lowest BCUT2D eigenvalue weighted by Gasteiger charge is -2.32. The summed E-state index contributed by atoms with van der Waals surface area (Å²) in [5.41, 5.74) is 5.09. The van der Waals surface area contributed by atoms with E-state index in [4.69, 9.17) is 14.2 Å². The average Bonchev–Trinajstić information content (AvgIpc) is 3.30. The minimum absolute atomic E-state index is 0.0364. The second-order valence-electron chi connectivity index (χ2n) is 18.3. The second kappa shape index (κ2) is 23.8. The van der Waals surface area contributed by atoms with Gasteiger partial charge in [0.1, 0.15) is 35.8 Å². The first-order chi connectivity index (χ1) is 31.9. The fourth-order valence-corrected chi connectivity index (χ4v) is 8.07. The van der Waals surface area contributed by atoms with Gasteiger partial charge in [-0.05, 0) is 98.5 Å². The van der Waals surface area contributed by atoms with E-state index in [1.54, 1.807) is 76.2 Å². The van der Waals surface area contributed by atoms with Gasteiger partial charge in [-0.1, -0.05) is 94.8 Å². The van der Waals surface area contributed by atoms with Crippen LogP contribution in [0.25, 0.3) is 22.3 Å². The second-order valence-corrected chi connectivity index (χ2v) is 18.3. The number of carboxylic acids is 1. The SMILES string of the molecule is CCCCc1ccc(-c2ccc(C(=O)C[C@@H](CC)C(=O)N(C)[C@@H]3C(=O)C[C@@H](C)C(=O)N[C@H](C(=O)O)Cc4ccc(OCCNC(=O)OC(C)(C)C)c(c4)-c4cc3ccc4OCCC)cc2)cc1. The maximum absolute atomic E-state index is 14.6. The molecule has 0 unspecified atom stereocenters. The van der Waals surface area contributed by atoms with Crippen molar-refractivity contribution in [3.8, 4) is 33.8 Å². The molecular weight excluding hydrogens is 851 g/mol. The molecule has 0 fully saturated rings. The molecule has 0 radical (unpaired) electrons. The van der Waals surface area contributed by atoms with Crippen LogP contribution in [0.1, 0.15) is 120 Å². The summed E-state index contributed by atoms with van der Waals surface area (Å²) < 4.78 is 17.9. The predicted octanol–water partition coefficient (Wildman–Crippen LogP) is 9.57. The third-order valence-electron chi connectivity index (χ3n) is 11.8. The van der Waals surface area contributed by atoms with E-state index in [1.165, 1.54) is 17.5 Å². The molecule has 1 aliphatic heterocycles. The molecule has 3 N–H and O–H groups in total. The van der Waals surface area contributed by atoms with Crippen LogP contribution in [0.15, 0.2) is 84.9 Å². The predicted molar refractivity (Wildman–Crippen MR) is 258 cm³/mol. The first kappa shape index (κ1) is 51.5. The highest BCUT2D eigenvalue weighted by molar-refractivity contribution is 6.00. The van der Waals surface area contributed by atoms with Crippen LogP contribution in [0.2, 0.25) is 0 Å². The number of hydrogen-bond donors (Lipinski definition) is 3. The number of Topliss-reactive ketones (excluding diaryl/α,β-unsaturated/α-hetero) is 2. The molecule has 4 atom stereocenters. The van der Waals surface area contributed by atoms with E-state index >= 15 is 0 Å². The zero-order valence-electron chi connectivity index (χ0n) is 40.2. The number of likely N-dealkylation sites (N-methyl/N-ethyl adjacent to an activating group) is 1. The molecule has 0 saturated heterocycles. The summed E-state index contributed by atoms with van der Waals surface area (Å²) >= 11 is 0. The van der Waals surface area contributed by atoms with Crippen LogP contribution in [-0.4, -0.2) is 83.9 Å². The number of hydrogen-bond acceptors (Lipinski definition) is 9. The van der Waals surface area contributed by atoms with Crippen molar-refractivity contribution in [2.75, 3.05) is 26.8 Å². The van der Waals surface area contributed by atoms with Gasteiger partial charge < -0.3 is 34.9 Å². The van der Waals surface area contributed by atoms with Crippen molar-refractivity contribution in [1.82, 2.24) is 15.5 Å². The monoisotopic (exact) mass is 917 g/mol. The van der Waals surface area contributed by atoms with Crippen LogP contribution in [0, 0.1) is 11.8 Å². The van der Waals surface area contributed by atoms with Gasteiger partial charge in [0, 0.05) is 54.8 Å². The molecular formula is C54H67N3O10. The van der Waals surface area contributed by atoms with Gasteiger partial charge >= 0.3 is 12.1 Å². The van der Waals surface area contributed by atoms with Gasteiger partial charge in [-0.15, -0.1) is 0 Å². The van der Waals surface area contributed by atoms with E-state index < -0.39 is 59.2 Å². The number of nitrogens with zero attached hydrogens (tertiary/aromatic N) is 1. The Kier molecular flexibility index (Phi) is 18.3. The van der Waals surface area contributed by atoms with E-state index in [0.717, 1.165) is 30.4 Å². The molecule has 0 spiro atoms. The van der Waals surface area contributed by atoms with Crippen LogP contribution in [-0.2, 0) is 36.8 Å². The van der Waals surface area contributed by atoms with E-state index in [-0.39, 0.29) is 38.2 Å². The number of amides is 3. The summed E-state index contributed by atoms with van der Waals surface area (Å²) in [6.07, 6.45) is 3.22. The van der Waals surface area contributed by atoms with Crippen LogP contribution >= 0.6 is 0 Å². The number of ether oxygens (including phenoxy) is 3. The van der Waals surface area contributed by atoms with E-state index in [0.29, 0.717) is 58.8 Å². The molecule has 1 aliphatic rings. The molecule has 0 aromatic heterocycles. The summed E-state index contributed by atoms with van der Waals surface area (Å²) in [7, 11) is 1.53. The number of unbranched alkanes of at least 4 members (excludes halogenated alkanes) is 1. The van der Waals surface area contributed by atoms with E-state index in [2.05, 4.69) is 41.8 Å². The summed E-state index contributed by atoms with van der Waals surface area (Å²) in [6, 6.07) is 23.6. The quantitative estimate of drug-likeness (QED) is 0.0643. The summed E-state index contributed by atoms with van der Waals surface area (Å²) in [5, 5.41) is 15.5. The van der Waals surface area contributed by atoms with Gasteiger partial charge in [0.15, 0.2) is 11.6 Å². The average molecular weight is 918 g/mol. The molecule has 4 bridgehead atoms. The number of aliphatic carboxylic acids is 1. The molecule has 3 amide bonds. The highest BCUT2D eigenvalue weighted by atomic mass is 16.6. The van der Waals surface area contributed by atoms with Gasteiger partial charge in [0.25, 0.3) is 0 Å². The first-order valence-corrected chi connectivity index (χ1v) is 23.5. The third kappa shape index (κ3) is 14.2. The largest absolute Gasteiger partial charge is 0.493 e. The number of rotatable bonds is 18. The number of fused-ring (bicyclic) bond motifs is 5. The van der Waals surface area contributed by atoms with Crippen molar-refractivity contribution >= 4 is 35.4 Å². The maximum atomic E-state index is 14.6. The van der Waals surface area contributed by atoms with Gasteiger partial charge in [-0.25, -0.2) is 9.59 Å². The number of carbonyl (C=O) groups excluding carboxylic acids is 5. The van der Waals surface area contributed by atoms with Crippen LogP contribution in [0.4, 0.5) is 4.79 Å². The van der Waals surface area contributed by atoms with Crippen molar-refractivity contribution < 1.29 is 48.1 Å². The van der Waals surface area contributed by atoms with Crippen molar-refractivity contribution in [2.24, 2.45) is 11.8 Å². The number of alkyl carbamates (subject to hydrolysis) is 1. The fourth-order valence-electron chi connectivity index (χ4n) is 8.07. The molecule has 67 heavy (non-hydrogen) atoms. The Labute approximate surface area is 395 Å². The minimum atomic E-state index is -1.33. The Bertz CT molecular complexity index is 2370. The Morgan fingerprint density at radius 1 is 0.821 bits per heavy atom. The standard InChI is InChI=1S/C54H67N3O10/c1-9-12-13-35-14-17-38(18-15-35)39-19-21-40(22-20-39)45(58)33-37(11-3)51(61)57(8)49-41-23-25-48(65-27-10-2)43(32-41)42-30-36(31-44(52(62)63)56-50(60)34(4)29-46(49)59)16-24-47(42)66-28-26-55-53(64)67-54(5,6)7/h14-25,30,32,34,37,44,49H,9-13,26-29,31,33H2,1-8H3,(H,55,64)(H,56,60)(H,62,63)/t34-,37-,44+,49+/m1/s1. The number of carboxylic acid groups (broad SMARTS) is 1. The molecule has 13 nitrogen and oxygen atoms in total. The minimum Gasteiger partial charge on any atom is -0.493 e. The third-order valence-corrected chi connectivity index (χ3v) is 11.8. The number of nitrogens with one attached hydrogen (secondary N) is 2. The number of carbonyl (C=O) groups is 6. The summed E-state index contributed by atoms with van der Waals surface area (Å²) in [5.74, 6) is -3.86. The van der Waals surface area contributed by atoms with Gasteiger partial charge in [-0.2, -0.15) is 0 Å².